The number of hydrogen-bond donors (Lipinski definition) is 2. The second kappa shape index (κ2) is 9.52. The minimum atomic E-state index is -0.0286. The second-order valence-electron chi connectivity index (χ2n) is 5.25. The van der Waals surface area contributed by atoms with Crippen LogP contribution in [-0.4, -0.2) is 38.2 Å². The van der Waals surface area contributed by atoms with Crippen LogP contribution in [0.25, 0.3) is 0 Å². The van der Waals surface area contributed by atoms with Crippen LogP contribution in [0.4, 0.5) is 0 Å². The van der Waals surface area contributed by atoms with Gasteiger partial charge in [-0.2, -0.15) is 0 Å². The molecule has 0 fully saturated rings. The molecule has 1 aromatic carbocycles. The molecule has 0 radical (unpaired) electrons. The monoisotopic (exact) mass is 329 g/mol. The number of methoxy groups -OCH3 is 2. The average molecular weight is 329 g/mol. The van der Waals surface area contributed by atoms with E-state index in [1.165, 1.54) is 0 Å². The van der Waals surface area contributed by atoms with Crippen molar-refractivity contribution in [3.63, 3.8) is 0 Å². The number of rotatable bonds is 9. The smallest absolute Gasteiger partial charge is 0.234 e. The van der Waals surface area contributed by atoms with Crippen molar-refractivity contribution in [2.75, 3.05) is 27.3 Å². The molecule has 2 N–H and O–H groups in total. The fraction of sp³-hybridized carbons (Fsp3) is 0.333. The lowest BCUT2D eigenvalue weighted by Crippen LogP contribution is -2.34. The van der Waals surface area contributed by atoms with Crippen LogP contribution in [0.3, 0.4) is 0 Å². The first-order valence-electron chi connectivity index (χ1n) is 7.80. The number of amides is 1. The zero-order valence-electron chi connectivity index (χ0n) is 14.0. The number of nitrogens with one attached hydrogen (secondary N) is 2. The molecule has 24 heavy (non-hydrogen) atoms. The van der Waals surface area contributed by atoms with E-state index in [9.17, 15) is 4.79 Å². The summed E-state index contributed by atoms with van der Waals surface area (Å²) in [5.41, 5.74) is 2.15. The Balaban J connectivity index is 1.68. The van der Waals surface area contributed by atoms with Gasteiger partial charge in [-0.1, -0.05) is 6.07 Å². The molecule has 6 heteroatoms. The second-order valence-corrected chi connectivity index (χ2v) is 5.25. The number of carbonyl (C=O) groups excluding carboxylic acids is 1. The van der Waals surface area contributed by atoms with Crippen LogP contribution >= 0.6 is 0 Å². The van der Waals surface area contributed by atoms with Crippen molar-refractivity contribution < 1.29 is 14.3 Å². The van der Waals surface area contributed by atoms with E-state index in [4.69, 9.17) is 9.47 Å². The Morgan fingerprint density at radius 2 is 1.79 bits per heavy atom. The molecular weight excluding hydrogens is 306 g/mol. The number of carbonyl (C=O) groups is 1. The van der Waals surface area contributed by atoms with E-state index < -0.39 is 0 Å². The van der Waals surface area contributed by atoms with Crippen LogP contribution in [0.15, 0.2) is 42.7 Å². The zero-order chi connectivity index (χ0) is 17.2. The molecule has 2 aromatic rings. The Morgan fingerprint density at radius 1 is 1.04 bits per heavy atom. The maximum atomic E-state index is 11.8. The number of pyridine rings is 1. The average Bonchev–Trinajstić information content (AvgIpc) is 2.64. The Labute approximate surface area is 142 Å². The molecule has 0 atom stereocenters. The number of nitrogens with zero attached hydrogens (tertiary/aromatic N) is 1. The summed E-state index contributed by atoms with van der Waals surface area (Å²) in [6.07, 6.45) is 4.23. The van der Waals surface area contributed by atoms with Crippen molar-refractivity contribution in [2.24, 2.45) is 0 Å². The molecule has 0 bridgehead atoms. The first kappa shape index (κ1) is 17.7. The first-order chi connectivity index (χ1) is 11.7. The van der Waals surface area contributed by atoms with Crippen LogP contribution in [0.2, 0.25) is 0 Å². The normalized spacial score (nSPS) is 10.2. The predicted molar refractivity (Wildman–Crippen MR) is 92.2 cm³/mol. The summed E-state index contributed by atoms with van der Waals surface area (Å²) in [6.45, 7) is 1.51. The Kier molecular flexibility index (Phi) is 7.04. The number of aromatic nitrogens is 1. The van der Waals surface area contributed by atoms with Crippen LogP contribution in [0, 0.1) is 0 Å². The van der Waals surface area contributed by atoms with E-state index in [0.717, 1.165) is 17.5 Å². The molecule has 0 aliphatic rings. The van der Waals surface area contributed by atoms with Gasteiger partial charge in [-0.25, -0.2) is 0 Å². The highest BCUT2D eigenvalue weighted by Gasteiger charge is 2.05. The van der Waals surface area contributed by atoms with E-state index in [1.54, 1.807) is 26.6 Å². The van der Waals surface area contributed by atoms with Gasteiger partial charge in [0.05, 0.1) is 20.8 Å². The largest absolute Gasteiger partial charge is 0.493 e. The number of hydrogen-bond acceptors (Lipinski definition) is 5. The minimum Gasteiger partial charge on any atom is -0.493 e. The standard InChI is InChI=1S/C18H23N3O3/c1-23-16-4-3-14(11-17(16)24-2)5-10-20-13-18(22)21-12-15-6-8-19-9-7-15/h3-4,6-9,11,20H,5,10,12-13H2,1-2H3,(H,21,22). The molecule has 0 saturated heterocycles. The Hall–Kier alpha value is -2.60. The van der Waals surface area contributed by atoms with E-state index in [1.807, 2.05) is 30.3 Å². The molecule has 0 aliphatic carbocycles. The van der Waals surface area contributed by atoms with Gasteiger partial charge in [-0.05, 0) is 48.4 Å². The van der Waals surface area contributed by atoms with Gasteiger partial charge >= 0.3 is 0 Å². The highest BCUT2D eigenvalue weighted by atomic mass is 16.5. The maximum Gasteiger partial charge on any atom is 0.234 e. The van der Waals surface area contributed by atoms with Crippen LogP contribution < -0.4 is 20.1 Å². The molecule has 0 saturated carbocycles. The van der Waals surface area contributed by atoms with E-state index >= 15 is 0 Å². The van der Waals surface area contributed by atoms with Gasteiger partial charge in [-0.15, -0.1) is 0 Å². The molecule has 1 amide bonds. The van der Waals surface area contributed by atoms with Gasteiger partial charge < -0.3 is 20.1 Å². The third-order valence-corrected chi connectivity index (χ3v) is 3.56. The lowest BCUT2D eigenvalue weighted by Gasteiger charge is -2.10. The van der Waals surface area contributed by atoms with Crippen molar-refractivity contribution in [1.29, 1.82) is 0 Å². The summed E-state index contributed by atoms with van der Waals surface area (Å²) in [4.78, 5) is 15.7. The molecular formula is C18H23N3O3. The summed E-state index contributed by atoms with van der Waals surface area (Å²) < 4.78 is 10.5. The molecule has 0 spiro atoms. The topological polar surface area (TPSA) is 72.5 Å². The van der Waals surface area contributed by atoms with E-state index in [2.05, 4.69) is 15.6 Å². The van der Waals surface area contributed by atoms with Crippen LogP contribution in [0.1, 0.15) is 11.1 Å². The van der Waals surface area contributed by atoms with Gasteiger partial charge in [0.25, 0.3) is 0 Å². The fourth-order valence-electron chi connectivity index (χ4n) is 2.23. The van der Waals surface area contributed by atoms with Crippen molar-refractivity contribution >= 4 is 5.91 Å². The van der Waals surface area contributed by atoms with Gasteiger partial charge in [-0.3, -0.25) is 9.78 Å². The van der Waals surface area contributed by atoms with E-state index in [0.29, 0.717) is 31.1 Å². The Morgan fingerprint density at radius 3 is 2.50 bits per heavy atom. The van der Waals surface area contributed by atoms with Gasteiger partial charge in [0, 0.05) is 18.9 Å². The zero-order valence-corrected chi connectivity index (χ0v) is 14.0. The predicted octanol–water partition coefficient (Wildman–Crippen LogP) is 1.55. The van der Waals surface area contributed by atoms with Gasteiger partial charge in [0.1, 0.15) is 0 Å². The minimum absolute atomic E-state index is 0.0286. The van der Waals surface area contributed by atoms with Crippen molar-refractivity contribution in [1.82, 2.24) is 15.6 Å². The lowest BCUT2D eigenvalue weighted by atomic mass is 10.1. The lowest BCUT2D eigenvalue weighted by molar-refractivity contribution is -0.120. The third-order valence-electron chi connectivity index (χ3n) is 3.56. The van der Waals surface area contributed by atoms with Crippen molar-refractivity contribution in [3.05, 3.63) is 53.9 Å². The molecule has 128 valence electrons. The summed E-state index contributed by atoms with van der Waals surface area (Å²) >= 11 is 0. The fourth-order valence-corrected chi connectivity index (χ4v) is 2.23. The van der Waals surface area contributed by atoms with Gasteiger partial charge in [0.2, 0.25) is 5.91 Å². The summed E-state index contributed by atoms with van der Waals surface area (Å²) in [6, 6.07) is 9.59. The van der Waals surface area contributed by atoms with Crippen molar-refractivity contribution in [3.8, 4) is 11.5 Å². The Bertz CT molecular complexity index is 647. The summed E-state index contributed by atoms with van der Waals surface area (Å²) in [5, 5.41) is 6.00. The molecule has 6 nitrogen and oxygen atoms in total. The quantitative estimate of drug-likeness (QED) is 0.683. The molecule has 1 heterocycles. The third kappa shape index (κ3) is 5.55. The number of ether oxygens (including phenoxy) is 2. The first-order valence-corrected chi connectivity index (χ1v) is 7.80. The molecule has 1 aromatic heterocycles. The summed E-state index contributed by atoms with van der Waals surface area (Å²) in [5.74, 6) is 1.40. The highest BCUT2D eigenvalue weighted by Crippen LogP contribution is 2.27. The van der Waals surface area contributed by atoms with E-state index in [-0.39, 0.29) is 5.91 Å². The van der Waals surface area contributed by atoms with Gasteiger partial charge in [0.15, 0.2) is 11.5 Å². The molecule has 0 aliphatic heterocycles. The summed E-state index contributed by atoms with van der Waals surface area (Å²) in [7, 11) is 3.23. The molecule has 0 unspecified atom stereocenters. The maximum absolute atomic E-state index is 11.8. The highest BCUT2D eigenvalue weighted by molar-refractivity contribution is 5.77. The SMILES string of the molecule is COc1ccc(CCNCC(=O)NCc2ccncc2)cc1OC. The molecule has 2 rings (SSSR count). The number of benzene rings is 1. The van der Waals surface area contributed by atoms with Crippen molar-refractivity contribution in [2.45, 2.75) is 13.0 Å². The van der Waals surface area contributed by atoms with Crippen LogP contribution in [-0.2, 0) is 17.8 Å². The van der Waals surface area contributed by atoms with Crippen LogP contribution in [0.5, 0.6) is 11.5 Å².